The summed E-state index contributed by atoms with van der Waals surface area (Å²) in [5.74, 6) is 1.17. The first kappa shape index (κ1) is 103. The van der Waals surface area contributed by atoms with Gasteiger partial charge in [0.25, 0.3) is 63.7 Å². The molecular formula is C96H120FN23O14S4. The summed E-state index contributed by atoms with van der Waals surface area (Å²) in [6.45, 7) is 40.3. The van der Waals surface area contributed by atoms with E-state index in [1.165, 1.54) is 85.1 Å². The fraction of sp³-hybridized carbons (Fsp3) is 0.396. The number of halogens is 1. The Labute approximate surface area is 805 Å². The number of rotatable bonds is 26. The van der Waals surface area contributed by atoms with Crippen LogP contribution in [-0.4, -0.2) is 180 Å². The molecule has 1 aromatic carbocycles. The molecule has 12 N–H and O–H groups in total. The summed E-state index contributed by atoms with van der Waals surface area (Å²) >= 11 is 0. The van der Waals surface area contributed by atoms with Crippen LogP contribution in [0.3, 0.4) is 0 Å². The number of aromatic amines is 1. The number of carbonyl (C=O) groups excluding carboxylic acids is 4. The second kappa shape index (κ2) is 41.8. The highest BCUT2D eigenvalue weighted by Crippen LogP contribution is 2.44. The number of nitrogens with two attached hydrogens (primary N) is 3. The van der Waals surface area contributed by atoms with Crippen LogP contribution in [0.4, 0.5) is 50.9 Å². The van der Waals surface area contributed by atoms with Crippen LogP contribution in [0, 0.1) is 34.9 Å². The molecule has 0 bridgehead atoms. The fourth-order valence-electron chi connectivity index (χ4n) is 17.1. The van der Waals surface area contributed by atoms with Crippen LogP contribution in [-0.2, 0) is 40.1 Å². The lowest BCUT2D eigenvalue weighted by atomic mass is 9.86. The Hall–Kier alpha value is -13.6. The molecule has 4 aliphatic heterocycles. The van der Waals surface area contributed by atoms with Crippen molar-refractivity contribution in [2.45, 2.75) is 205 Å². The standard InChI is InChI=1S/C26H32FN5O4S.C26H33N7O3S.C26H32N6O4S.C18H23N5O3S/c1-16(2)15-36-20-13-18(12-19(27)14-20)22-7-6-21(24(29-22)32-11-9-26(4,5)17(32)3)25(33)31-37(34,35)23-8-10-28-30-23;1-16(2)28-22-10-6-8-19(29-22)20-13-12-18(24(30-20)33-15-17(3)14-26(33,4)5)25(34)32-37(35,36)23-11-7-9-21(27)31-23;1-16(2)36-22-12-9-18(14-28-22)20-11-10-19(24(29-20)32-15-17(3)13-26(32,4)5)25(33)31-37(34,35)23-8-6-7-21(27)30-23;1-12-10-18(2,3)23(11-12)16-13(6-5-9-20-16)17(24)22-27(25,26)15-8-4-7-14(19)21-15/h6-8,10,12-14,16-17H,9,11,15H2,1-5H3,(H,28,30)(H,31,33);6-13,16-17H,14-15H2,1-5H3,(H2,27,31)(H,28,29)(H,32,34);6-12,14,16-17H,13,15H2,1-5H3,(H2,27,30)(H,31,33);4-9,12H,10-11H2,1-3H3,(H2,19,21)(H,22,24)/t;;17-;12-/m..10/s1. The average Bonchev–Trinajstić information content (AvgIpc) is 1.56. The number of aromatic nitrogens is 11. The Bertz CT molecular complexity index is 6800. The molecule has 0 aliphatic carbocycles. The number of sulfonamides is 4. The minimum absolute atomic E-state index is 0.000864. The van der Waals surface area contributed by atoms with Gasteiger partial charge in [-0.15, -0.1) is 0 Å². The van der Waals surface area contributed by atoms with E-state index in [2.05, 4.69) is 155 Å². The zero-order valence-corrected chi connectivity index (χ0v) is 83.6. The topological polar surface area (TPSA) is 519 Å². The van der Waals surface area contributed by atoms with E-state index in [1.807, 2.05) is 77.6 Å². The maximum atomic E-state index is 14.5. The summed E-state index contributed by atoms with van der Waals surface area (Å²) in [7, 11) is -16.8. The van der Waals surface area contributed by atoms with Crippen LogP contribution in [0.1, 0.15) is 192 Å². The molecule has 0 spiro atoms. The van der Waals surface area contributed by atoms with E-state index in [9.17, 15) is 57.2 Å². The van der Waals surface area contributed by atoms with Gasteiger partial charge in [0, 0.05) is 90.5 Å². The Morgan fingerprint density at radius 1 is 0.471 bits per heavy atom. The summed E-state index contributed by atoms with van der Waals surface area (Å²) in [5, 5.41) is 8.07. The molecule has 4 fully saturated rings. The first-order valence-electron chi connectivity index (χ1n) is 45.0. The largest absolute Gasteiger partial charge is 0.493 e. The molecule has 42 heteroatoms. The van der Waals surface area contributed by atoms with Crippen LogP contribution in [0.5, 0.6) is 11.6 Å². The molecule has 0 radical (unpaired) electrons. The van der Waals surface area contributed by atoms with Crippen LogP contribution in [0.25, 0.3) is 33.9 Å². The molecule has 14 heterocycles. The van der Waals surface area contributed by atoms with Gasteiger partial charge in [0.1, 0.15) is 58.1 Å². The number of pyridine rings is 9. The fourth-order valence-corrected chi connectivity index (χ4v) is 20.8. The minimum Gasteiger partial charge on any atom is -0.493 e. The molecule has 10 aromatic heterocycles. The van der Waals surface area contributed by atoms with Gasteiger partial charge in [0.05, 0.1) is 63.9 Å². The number of anilines is 8. The van der Waals surface area contributed by atoms with E-state index in [4.69, 9.17) is 41.6 Å². The molecule has 11 aromatic rings. The molecule has 4 saturated heterocycles. The molecule has 4 aliphatic rings. The molecule has 138 heavy (non-hydrogen) atoms. The van der Waals surface area contributed by atoms with E-state index < -0.39 is 69.5 Å². The summed E-state index contributed by atoms with van der Waals surface area (Å²) in [5.41, 5.74) is 20.1. The summed E-state index contributed by atoms with van der Waals surface area (Å²) < 4.78 is 136. The van der Waals surface area contributed by atoms with Crippen molar-refractivity contribution >= 4 is 110 Å². The lowest BCUT2D eigenvalue weighted by Gasteiger charge is -2.34. The Balaban J connectivity index is 0.000000166. The number of H-pyrrole nitrogens is 1. The van der Waals surface area contributed by atoms with Gasteiger partial charge in [0.15, 0.2) is 20.1 Å². The first-order valence-corrected chi connectivity index (χ1v) is 51.0. The number of hydrogen-bond acceptors (Lipinski definition) is 32. The third-order valence-corrected chi connectivity index (χ3v) is 28.5. The van der Waals surface area contributed by atoms with Crippen molar-refractivity contribution in [1.82, 2.24) is 73.9 Å². The van der Waals surface area contributed by atoms with Gasteiger partial charge >= 0.3 is 0 Å². The summed E-state index contributed by atoms with van der Waals surface area (Å²) in [6.07, 6.45) is 8.16. The monoisotopic (exact) mass is 1970 g/mol. The Morgan fingerprint density at radius 3 is 1.34 bits per heavy atom. The molecule has 0 saturated carbocycles. The second-order valence-corrected chi connectivity index (χ2v) is 44.9. The summed E-state index contributed by atoms with van der Waals surface area (Å²) in [6, 6.07) is 40.6. The SMILES string of the molecule is CC(C)COc1cc(F)cc(-c2ccc(C(=O)NS(=O)(=O)c3ccn[nH]3)c(N3CCC(C)(C)C3C)n2)c1.CC(C)Oc1ccc(-c2ccc(C(=O)NS(=O)(=O)c3cccc(N)n3)c(N3C[C@H](C)CC3(C)C)n2)cn1.CC1CN(c2nc(-c3cccc(NC(C)C)n3)ccc2C(=O)NS(=O)(=O)c2cccc(N)n2)C(C)(C)C1.C[C@@H]1CN(c2ncccc2C(=O)NS(=O)(=O)c2cccc(N)n2)C(C)(C)C1. The van der Waals surface area contributed by atoms with Gasteiger partial charge in [-0.05, 0) is 252 Å². The number of nitrogens with zero attached hydrogens (tertiary/aromatic N) is 14. The maximum Gasteiger partial charge on any atom is 0.281 e. The highest BCUT2D eigenvalue weighted by atomic mass is 32.2. The number of nitrogens with one attached hydrogen (secondary N) is 6. The highest BCUT2D eigenvalue weighted by molar-refractivity contribution is 7.90. The molecule has 4 atom stereocenters. The Kier molecular flexibility index (Phi) is 31.3. The molecule has 734 valence electrons. The second-order valence-electron chi connectivity index (χ2n) is 38.4. The van der Waals surface area contributed by atoms with Gasteiger partial charge in [-0.3, -0.25) is 24.3 Å². The van der Waals surface area contributed by atoms with Crippen molar-refractivity contribution in [2.24, 2.45) is 29.1 Å². The molecule has 2 unspecified atom stereocenters. The third kappa shape index (κ3) is 25.2. The van der Waals surface area contributed by atoms with Crippen molar-refractivity contribution < 1.29 is 66.7 Å². The van der Waals surface area contributed by atoms with Crippen LogP contribution >= 0.6 is 0 Å². The zero-order valence-electron chi connectivity index (χ0n) is 80.4. The number of amides is 4. The number of carbonyl (C=O) groups is 4. The highest BCUT2D eigenvalue weighted by Gasteiger charge is 2.45. The van der Waals surface area contributed by atoms with E-state index in [0.717, 1.165) is 37.8 Å². The summed E-state index contributed by atoms with van der Waals surface area (Å²) in [4.78, 5) is 100. The zero-order chi connectivity index (χ0) is 101. The molecule has 4 amide bonds. The van der Waals surface area contributed by atoms with Crippen molar-refractivity contribution in [3.63, 3.8) is 0 Å². The number of nitrogen functional groups attached to an aromatic ring is 3. The quantitative estimate of drug-likeness (QED) is 0.0243. The van der Waals surface area contributed by atoms with Gasteiger partial charge in [0.2, 0.25) is 5.88 Å². The van der Waals surface area contributed by atoms with E-state index >= 15 is 0 Å². The molecule has 15 rings (SSSR count). The third-order valence-electron chi connectivity index (χ3n) is 23.6. The predicted molar refractivity (Wildman–Crippen MR) is 528 cm³/mol. The van der Waals surface area contributed by atoms with Gasteiger partial charge in [-0.1, -0.05) is 72.7 Å². The first-order chi connectivity index (χ1) is 64.7. The number of ether oxygens (including phenoxy) is 2. The smallest absolute Gasteiger partial charge is 0.281 e. The van der Waals surface area contributed by atoms with E-state index in [-0.39, 0.29) is 106 Å². The van der Waals surface area contributed by atoms with E-state index in [0.29, 0.717) is 113 Å². The van der Waals surface area contributed by atoms with Crippen molar-refractivity contribution in [3.05, 3.63) is 204 Å². The van der Waals surface area contributed by atoms with Crippen molar-refractivity contribution in [1.29, 1.82) is 0 Å². The molecular weight excluding hydrogens is 1850 g/mol. The Morgan fingerprint density at radius 2 is 0.913 bits per heavy atom. The number of benzene rings is 1. The number of hydrogen-bond donors (Lipinski definition) is 9. The normalized spacial score (nSPS) is 17.6. The van der Waals surface area contributed by atoms with Gasteiger partial charge in [-0.2, -0.15) is 38.8 Å². The van der Waals surface area contributed by atoms with Crippen LogP contribution in [0.2, 0.25) is 0 Å². The van der Waals surface area contributed by atoms with E-state index in [1.54, 1.807) is 67.0 Å². The minimum atomic E-state index is -4.25. The van der Waals surface area contributed by atoms with Gasteiger partial charge in [-0.25, -0.2) is 68.1 Å². The van der Waals surface area contributed by atoms with Crippen molar-refractivity contribution in [2.75, 3.05) is 74.9 Å². The lowest BCUT2D eigenvalue weighted by Crippen LogP contribution is -2.41. The van der Waals surface area contributed by atoms with Crippen LogP contribution in [0.15, 0.2) is 196 Å². The maximum absolute atomic E-state index is 14.5. The van der Waals surface area contributed by atoms with Crippen LogP contribution < -0.4 is 70.5 Å². The average molecular weight is 1970 g/mol. The predicted octanol–water partition coefficient (Wildman–Crippen LogP) is 13.5. The molecule has 37 nitrogen and oxygen atoms in total. The lowest BCUT2D eigenvalue weighted by molar-refractivity contribution is 0.0972. The van der Waals surface area contributed by atoms with Crippen molar-refractivity contribution in [3.8, 4) is 45.5 Å². The van der Waals surface area contributed by atoms with Gasteiger partial charge < -0.3 is 51.6 Å².